The Morgan fingerprint density at radius 3 is 2.64 bits per heavy atom. The first kappa shape index (κ1) is 18.7. The van der Waals surface area contributed by atoms with E-state index in [0.717, 1.165) is 12.0 Å². The molecule has 134 valence electrons. The van der Waals surface area contributed by atoms with Crippen molar-refractivity contribution in [1.29, 1.82) is 0 Å². The van der Waals surface area contributed by atoms with Gasteiger partial charge < -0.3 is 20.8 Å². The third-order valence-electron chi connectivity index (χ3n) is 4.22. The Bertz CT molecular complexity index is 698. The van der Waals surface area contributed by atoms with Crippen molar-refractivity contribution < 1.29 is 14.0 Å². The average Bonchev–Trinajstić information content (AvgIpc) is 3.16. The highest BCUT2D eigenvalue weighted by Gasteiger charge is 2.18. The summed E-state index contributed by atoms with van der Waals surface area (Å²) in [5, 5.41) is 5.62. The summed E-state index contributed by atoms with van der Waals surface area (Å²) in [6, 6.07) is 10.2. The van der Waals surface area contributed by atoms with Gasteiger partial charge in [-0.3, -0.25) is 9.59 Å². The zero-order valence-electron chi connectivity index (χ0n) is 14.6. The predicted octanol–water partition coefficient (Wildman–Crippen LogP) is 2.20. The van der Waals surface area contributed by atoms with Gasteiger partial charge in [-0.1, -0.05) is 32.4 Å². The summed E-state index contributed by atoms with van der Waals surface area (Å²) in [6.45, 7) is 4.62. The van der Waals surface area contributed by atoms with Crippen molar-refractivity contribution in [3.8, 4) is 0 Å². The fourth-order valence-corrected chi connectivity index (χ4v) is 2.32. The molecule has 2 rings (SSSR count). The van der Waals surface area contributed by atoms with Crippen LogP contribution >= 0.6 is 0 Å². The average molecular weight is 343 g/mol. The van der Waals surface area contributed by atoms with Gasteiger partial charge in [0.25, 0.3) is 5.91 Å². The van der Waals surface area contributed by atoms with Crippen LogP contribution in [0, 0.1) is 5.92 Å². The lowest BCUT2D eigenvalue weighted by Crippen LogP contribution is -2.44. The lowest BCUT2D eigenvalue weighted by Gasteiger charge is -2.17. The molecule has 0 radical (unpaired) electrons. The van der Waals surface area contributed by atoms with Gasteiger partial charge in [0, 0.05) is 12.1 Å². The Morgan fingerprint density at radius 2 is 1.96 bits per heavy atom. The summed E-state index contributed by atoms with van der Waals surface area (Å²) >= 11 is 0. The SMILES string of the molecule is CCC(C)C(N)C(=O)NCc1cccc(C(=O)NCc2ccco2)c1. The first-order valence-corrected chi connectivity index (χ1v) is 8.44. The molecule has 1 aromatic heterocycles. The molecule has 0 fully saturated rings. The highest BCUT2D eigenvalue weighted by atomic mass is 16.3. The predicted molar refractivity (Wildman–Crippen MR) is 95.6 cm³/mol. The largest absolute Gasteiger partial charge is 0.467 e. The van der Waals surface area contributed by atoms with Gasteiger partial charge >= 0.3 is 0 Å². The molecule has 0 aliphatic heterocycles. The Kier molecular flexibility index (Phi) is 6.77. The number of hydrogen-bond acceptors (Lipinski definition) is 4. The van der Waals surface area contributed by atoms with Crippen LogP contribution in [0.2, 0.25) is 0 Å². The highest BCUT2D eigenvalue weighted by Crippen LogP contribution is 2.08. The smallest absolute Gasteiger partial charge is 0.251 e. The van der Waals surface area contributed by atoms with Crippen LogP contribution in [0.25, 0.3) is 0 Å². The fraction of sp³-hybridized carbons (Fsp3) is 0.368. The molecule has 1 heterocycles. The van der Waals surface area contributed by atoms with E-state index in [9.17, 15) is 9.59 Å². The van der Waals surface area contributed by atoms with E-state index in [1.807, 2.05) is 19.9 Å². The minimum absolute atomic E-state index is 0.124. The minimum Gasteiger partial charge on any atom is -0.467 e. The molecule has 0 aliphatic rings. The Labute approximate surface area is 147 Å². The molecule has 0 aliphatic carbocycles. The number of nitrogens with two attached hydrogens (primary N) is 1. The maximum Gasteiger partial charge on any atom is 0.251 e. The second kappa shape index (κ2) is 9.03. The molecule has 2 amide bonds. The molecular weight excluding hydrogens is 318 g/mol. The Morgan fingerprint density at radius 1 is 1.16 bits per heavy atom. The van der Waals surface area contributed by atoms with Gasteiger partial charge in [-0.2, -0.15) is 0 Å². The fourth-order valence-electron chi connectivity index (χ4n) is 2.32. The summed E-state index contributed by atoms with van der Waals surface area (Å²) in [5.41, 5.74) is 7.29. The van der Waals surface area contributed by atoms with E-state index in [-0.39, 0.29) is 17.7 Å². The maximum absolute atomic E-state index is 12.2. The van der Waals surface area contributed by atoms with Crippen molar-refractivity contribution in [2.45, 2.75) is 39.4 Å². The number of carbonyl (C=O) groups excluding carboxylic acids is 2. The third kappa shape index (κ3) is 5.46. The topological polar surface area (TPSA) is 97.4 Å². The first-order valence-electron chi connectivity index (χ1n) is 8.44. The van der Waals surface area contributed by atoms with Crippen LogP contribution in [0.4, 0.5) is 0 Å². The van der Waals surface area contributed by atoms with E-state index < -0.39 is 6.04 Å². The second-order valence-corrected chi connectivity index (χ2v) is 6.09. The van der Waals surface area contributed by atoms with Crippen molar-refractivity contribution in [2.24, 2.45) is 11.7 Å². The lowest BCUT2D eigenvalue weighted by atomic mass is 9.99. The number of carbonyl (C=O) groups is 2. The highest BCUT2D eigenvalue weighted by molar-refractivity contribution is 5.94. The van der Waals surface area contributed by atoms with E-state index in [4.69, 9.17) is 10.2 Å². The van der Waals surface area contributed by atoms with E-state index in [2.05, 4.69) is 10.6 Å². The number of nitrogens with one attached hydrogen (secondary N) is 2. The zero-order valence-corrected chi connectivity index (χ0v) is 14.6. The molecule has 0 bridgehead atoms. The maximum atomic E-state index is 12.2. The van der Waals surface area contributed by atoms with Crippen LogP contribution in [0.5, 0.6) is 0 Å². The number of rotatable bonds is 8. The molecule has 2 unspecified atom stereocenters. The Hall–Kier alpha value is -2.60. The molecule has 0 saturated heterocycles. The van der Waals surface area contributed by atoms with Crippen molar-refractivity contribution in [3.05, 3.63) is 59.5 Å². The van der Waals surface area contributed by atoms with E-state index in [0.29, 0.717) is 24.4 Å². The quantitative estimate of drug-likeness (QED) is 0.684. The van der Waals surface area contributed by atoms with Crippen molar-refractivity contribution >= 4 is 11.8 Å². The van der Waals surface area contributed by atoms with Crippen LogP contribution < -0.4 is 16.4 Å². The summed E-state index contributed by atoms with van der Waals surface area (Å²) in [7, 11) is 0. The van der Waals surface area contributed by atoms with Crippen molar-refractivity contribution in [1.82, 2.24) is 10.6 Å². The summed E-state index contributed by atoms with van der Waals surface area (Å²) in [6.07, 6.45) is 2.41. The lowest BCUT2D eigenvalue weighted by molar-refractivity contribution is -0.123. The number of amides is 2. The summed E-state index contributed by atoms with van der Waals surface area (Å²) < 4.78 is 5.19. The van der Waals surface area contributed by atoms with Gasteiger partial charge in [0.2, 0.25) is 5.91 Å². The van der Waals surface area contributed by atoms with Crippen LogP contribution in [-0.4, -0.2) is 17.9 Å². The molecule has 0 saturated carbocycles. The van der Waals surface area contributed by atoms with Crippen LogP contribution in [0.15, 0.2) is 47.1 Å². The van der Waals surface area contributed by atoms with Gasteiger partial charge in [0.05, 0.1) is 18.8 Å². The number of furan rings is 1. The first-order chi connectivity index (χ1) is 12.0. The molecule has 2 aromatic rings. The molecular formula is C19H25N3O3. The second-order valence-electron chi connectivity index (χ2n) is 6.09. The van der Waals surface area contributed by atoms with E-state index in [1.54, 1.807) is 36.6 Å². The van der Waals surface area contributed by atoms with Gasteiger partial charge in [-0.05, 0) is 35.7 Å². The van der Waals surface area contributed by atoms with Crippen LogP contribution in [-0.2, 0) is 17.9 Å². The summed E-state index contributed by atoms with van der Waals surface area (Å²) in [5.74, 6) is 0.442. The van der Waals surface area contributed by atoms with Crippen molar-refractivity contribution in [3.63, 3.8) is 0 Å². The molecule has 1 aromatic carbocycles. The standard InChI is InChI=1S/C19H25N3O3/c1-3-13(2)17(20)19(24)21-11-14-6-4-7-15(10-14)18(23)22-12-16-8-5-9-25-16/h4-10,13,17H,3,11-12,20H2,1-2H3,(H,21,24)(H,22,23). The van der Waals surface area contributed by atoms with E-state index >= 15 is 0 Å². The van der Waals surface area contributed by atoms with Crippen LogP contribution in [0.1, 0.15) is 41.9 Å². The van der Waals surface area contributed by atoms with Crippen LogP contribution in [0.3, 0.4) is 0 Å². The monoisotopic (exact) mass is 343 g/mol. The molecule has 2 atom stereocenters. The number of hydrogen-bond donors (Lipinski definition) is 3. The molecule has 0 spiro atoms. The van der Waals surface area contributed by atoms with Gasteiger partial charge in [-0.15, -0.1) is 0 Å². The molecule has 25 heavy (non-hydrogen) atoms. The molecule has 6 heteroatoms. The normalized spacial score (nSPS) is 13.1. The van der Waals surface area contributed by atoms with E-state index in [1.165, 1.54) is 0 Å². The third-order valence-corrected chi connectivity index (χ3v) is 4.22. The molecule has 4 N–H and O–H groups in total. The molecule has 6 nitrogen and oxygen atoms in total. The Balaban J connectivity index is 1.89. The minimum atomic E-state index is -0.523. The zero-order chi connectivity index (χ0) is 18.2. The van der Waals surface area contributed by atoms with Gasteiger partial charge in [-0.25, -0.2) is 0 Å². The number of benzene rings is 1. The van der Waals surface area contributed by atoms with Crippen molar-refractivity contribution in [2.75, 3.05) is 0 Å². The summed E-state index contributed by atoms with van der Waals surface area (Å²) in [4.78, 5) is 24.3. The van der Waals surface area contributed by atoms with Gasteiger partial charge in [0.1, 0.15) is 5.76 Å². The van der Waals surface area contributed by atoms with Gasteiger partial charge in [0.15, 0.2) is 0 Å².